The van der Waals surface area contributed by atoms with Gasteiger partial charge >= 0.3 is 0 Å². The molecule has 1 amide bonds. The summed E-state index contributed by atoms with van der Waals surface area (Å²) in [5.74, 6) is 0.465. The molecule has 1 aliphatic rings. The maximum absolute atomic E-state index is 12.4. The second kappa shape index (κ2) is 8.54. The number of rotatable bonds is 7. The standard InChI is InChI=1S/C15H30N2O2/c1-13(11-18)7-6-10-17-14(19)15(12-16)8-4-2-3-5-9-15/h13,18H,2-12,16H2,1H3,(H,17,19). The van der Waals surface area contributed by atoms with Crippen LogP contribution in [-0.4, -0.2) is 30.7 Å². The molecule has 1 fully saturated rings. The van der Waals surface area contributed by atoms with Gasteiger partial charge in [-0.25, -0.2) is 0 Å². The molecule has 1 unspecified atom stereocenters. The van der Waals surface area contributed by atoms with Crippen molar-refractivity contribution in [1.29, 1.82) is 0 Å². The van der Waals surface area contributed by atoms with Crippen molar-refractivity contribution in [3.8, 4) is 0 Å². The zero-order chi connectivity index (χ0) is 14.1. The predicted octanol–water partition coefficient (Wildman–Crippen LogP) is 1.81. The molecule has 4 heteroatoms. The van der Waals surface area contributed by atoms with Crippen LogP contribution in [0, 0.1) is 11.3 Å². The summed E-state index contributed by atoms with van der Waals surface area (Å²) >= 11 is 0. The quantitative estimate of drug-likeness (QED) is 0.488. The number of hydrogen-bond donors (Lipinski definition) is 3. The molecule has 0 heterocycles. The molecule has 19 heavy (non-hydrogen) atoms. The minimum absolute atomic E-state index is 0.147. The highest BCUT2D eigenvalue weighted by Gasteiger charge is 2.36. The van der Waals surface area contributed by atoms with Gasteiger partial charge in [0.2, 0.25) is 5.91 Å². The van der Waals surface area contributed by atoms with Crippen LogP contribution in [0.15, 0.2) is 0 Å². The van der Waals surface area contributed by atoms with Crippen LogP contribution in [-0.2, 0) is 4.79 Å². The Morgan fingerprint density at radius 3 is 2.47 bits per heavy atom. The number of amides is 1. The van der Waals surface area contributed by atoms with Crippen LogP contribution in [0.4, 0.5) is 0 Å². The lowest BCUT2D eigenvalue weighted by Gasteiger charge is -2.29. The van der Waals surface area contributed by atoms with Gasteiger partial charge in [0, 0.05) is 19.7 Å². The first-order valence-corrected chi connectivity index (χ1v) is 7.74. The van der Waals surface area contributed by atoms with Crippen molar-refractivity contribution in [2.75, 3.05) is 19.7 Å². The highest BCUT2D eigenvalue weighted by molar-refractivity contribution is 5.82. The zero-order valence-corrected chi connectivity index (χ0v) is 12.3. The van der Waals surface area contributed by atoms with Crippen molar-refractivity contribution in [3.05, 3.63) is 0 Å². The van der Waals surface area contributed by atoms with E-state index >= 15 is 0 Å². The Hall–Kier alpha value is -0.610. The van der Waals surface area contributed by atoms with Gasteiger partial charge in [-0.2, -0.15) is 0 Å². The molecule has 0 aromatic rings. The number of aliphatic hydroxyl groups is 1. The van der Waals surface area contributed by atoms with Crippen molar-refractivity contribution in [1.82, 2.24) is 5.32 Å². The number of hydrogen-bond acceptors (Lipinski definition) is 3. The molecule has 0 radical (unpaired) electrons. The van der Waals surface area contributed by atoms with E-state index in [1.54, 1.807) is 0 Å². The van der Waals surface area contributed by atoms with E-state index in [1.165, 1.54) is 12.8 Å². The molecule has 1 atom stereocenters. The maximum Gasteiger partial charge on any atom is 0.227 e. The van der Waals surface area contributed by atoms with E-state index in [0.717, 1.165) is 38.5 Å². The van der Waals surface area contributed by atoms with Gasteiger partial charge in [-0.15, -0.1) is 0 Å². The first-order chi connectivity index (χ1) is 9.14. The molecule has 112 valence electrons. The van der Waals surface area contributed by atoms with Gasteiger partial charge in [-0.3, -0.25) is 4.79 Å². The Morgan fingerprint density at radius 2 is 1.95 bits per heavy atom. The van der Waals surface area contributed by atoms with Gasteiger partial charge in [0.15, 0.2) is 0 Å². The van der Waals surface area contributed by atoms with Crippen molar-refractivity contribution in [2.45, 2.75) is 58.3 Å². The van der Waals surface area contributed by atoms with Gasteiger partial charge in [0.1, 0.15) is 0 Å². The van der Waals surface area contributed by atoms with E-state index in [0.29, 0.717) is 19.0 Å². The van der Waals surface area contributed by atoms with Gasteiger partial charge in [-0.1, -0.05) is 32.6 Å². The number of nitrogens with one attached hydrogen (secondary N) is 1. The molecule has 0 aliphatic heterocycles. The number of carbonyl (C=O) groups is 1. The van der Waals surface area contributed by atoms with E-state index in [2.05, 4.69) is 5.32 Å². The van der Waals surface area contributed by atoms with Gasteiger partial charge < -0.3 is 16.2 Å². The van der Waals surface area contributed by atoms with E-state index in [9.17, 15) is 4.79 Å². The molecular formula is C15H30N2O2. The second-order valence-electron chi connectivity index (χ2n) is 6.08. The number of aliphatic hydroxyl groups excluding tert-OH is 1. The molecule has 0 aromatic carbocycles. The molecule has 4 N–H and O–H groups in total. The molecule has 1 aliphatic carbocycles. The SMILES string of the molecule is CC(CO)CCCNC(=O)C1(CN)CCCCCC1. The third-order valence-electron chi connectivity index (χ3n) is 4.40. The fourth-order valence-electron chi connectivity index (χ4n) is 2.86. The average Bonchev–Trinajstić information content (AvgIpc) is 2.69. The molecule has 1 rings (SSSR count). The van der Waals surface area contributed by atoms with Crippen molar-refractivity contribution >= 4 is 5.91 Å². The van der Waals surface area contributed by atoms with Crippen LogP contribution < -0.4 is 11.1 Å². The summed E-state index contributed by atoms with van der Waals surface area (Å²) in [5.41, 5.74) is 5.57. The Bertz CT molecular complexity index is 261. The van der Waals surface area contributed by atoms with Crippen LogP contribution in [0.1, 0.15) is 58.3 Å². The molecule has 4 nitrogen and oxygen atoms in total. The molecular weight excluding hydrogens is 240 g/mol. The summed E-state index contributed by atoms with van der Waals surface area (Å²) in [6.07, 6.45) is 8.43. The summed E-state index contributed by atoms with van der Waals surface area (Å²) in [6, 6.07) is 0. The summed E-state index contributed by atoms with van der Waals surface area (Å²) in [4.78, 5) is 12.4. The molecule has 1 saturated carbocycles. The van der Waals surface area contributed by atoms with Crippen molar-refractivity contribution in [3.63, 3.8) is 0 Å². The van der Waals surface area contributed by atoms with Crippen LogP contribution in [0.2, 0.25) is 0 Å². The molecule has 0 bridgehead atoms. The lowest BCUT2D eigenvalue weighted by Crippen LogP contribution is -2.46. The first kappa shape index (κ1) is 16.4. The van der Waals surface area contributed by atoms with Crippen LogP contribution in [0.3, 0.4) is 0 Å². The third kappa shape index (κ3) is 5.11. The lowest BCUT2D eigenvalue weighted by atomic mass is 9.79. The average molecular weight is 270 g/mol. The molecule has 0 spiro atoms. The largest absolute Gasteiger partial charge is 0.396 e. The van der Waals surface area contributed by atoms with E-state index < -0.39 is 0 Å². The zero-order valence-electron chi connectivity index (χ0n) is 12.3. The van der Waals surface area contributed by atoms with Gasteiger partial charge in [0.25, 0.3) is 0 Å². The topological polar surface area (TPSA) is 75.3 Å². The van der Waals surface area contributed by atoms with E-state index in [4.69, 9.17) is 10.8 Å². The monoisotopic (exact) mass is 270 g/mol. The summed E-state index contributed by atoms with van der Waals surface area (Å²) in [5, 5.41) is 12.0. The summed E-state index contributed by atoms with van der Waals surface area (Å²) in [7, 11) is 0. The Kier molecular flexibility index (Phi) is 7.39. The smallest absolute Gasteiger partial charge is 0.227 e. The Morgan fingerprint density at radius 1 is 1.32 bits per heavy atom. The Balaban J connectivity index is 2.36. The highest BCUT2D eigenvalue weighted by Crippen LogP contribution is 2.34. The molecule has 0 aromatic heterocycles. The van der Waals surface area contributed by atoms with Crippen molar-refractivity contribution < 1.29 is 9.90 Å². The first-order valence-electron chi connectivity index (χ1n) is 7.74. The third-order valence-corrected chi connectivity index (χ3v) is 4.40. The van der Waals surface area contributed by atoms with Gasteiger partial charge in [-0.05, 0) is 31.6 Å². The minimum Gasteiger partial charge on any atom is -0.396 e. The van der Waals surface area contributed by atoms with Crippen LogP contribution in [0.25, 0.3) is 0 Å². The normalized spacial score (nSPS) is 20.6. The predicted molar refractivity (Wildman–Crippen MR) is 77.7 cm³/mol. The number of carbonyl (C=O) groups excluding carboxylic acids is 1. The second-order valence-corrected chi connectivity index (χ2v) is 6.08. The fraction of sp³-hybridized carbons (Fsp3) is 0.933. The van der Waals surface area contributed by atoms with Crippen LogP contribution >= 0.6 is 0 Å². The number of nitrogens with two attached hydrogens (primary N) is 1. The van der Waals surface area contributed by atoms with Gasteiger partial charge in [0.05, 0.1) is 5.41 Å². The highest BCUT2D eigenvalue weighted by atomic mass is 16.3. The van der Waals surface area contributed by atoms with E-state index in [-0.39, 0.29) is 17.9 Å². The maximum atomic E-state index is 12.4. The minimum atomic E-state index is -0.320. The Labute approximate surface area is 117 Å². The summed E-state index contributed by atoms with van der Waals surface area (Å²) < 4.78 is 0. The molecule has 0 saturated heterocycles. The van der Waals surface area contributed by atoms with Crippen LogP contribution in [0.5, 0.6) is 0 Å². The van der Waals surface area contributed by atoms with Crippen molar-refractivity contribution in [2.24, 2.45) is 17.1 Å². The van der Waals surface area contributed by atoms with E-state index in [1.807, 2.05) is 6.92 Å². The summed E-state index contributed by atoms with van der Waals surface area (Å²) in [6.45, 7) is 3.41. The fourth-order valence-corrected chi connectivity index (χ4v) is 2.86. The lowest BCUT2D eigenvalue weighted by molar-refractivity contribution is -0.131.